The molecule has 0 aliphatic heterocycles. The van der Waals surface area contributed by atoms with Crippen molar-refractivity contribution in [3.8, 4) is 0 Å². The lowest BCUT2D eigenvalue weighted by molar-refractivity contribution is 0.0995. The van der Waals surface area contributed by atoms with Gasteiger partial charge in [0.05, 0.1) is 10.2 Å². The number of anilines is 1. The van der Waals surface area contributed by atoms with Gasteiger partial charge in [-0.15, -0.1) is 0 Å². The van der Waals surface area contributed by atoms with Crippen LogP contribution in [0.5, 0.6) is 0 Å². The van der Waals surface area contributed by atoms with Gasteiger partial charge in [0, 0.05) is 0 Å². The molecule has 19 heavy (non-hydrogen) atoms. The normalized spacial score (nSPS) is 10.8. The van der Waals surface area contributed by atoms with Crippen molar-refractivity contribution in [1.29, 1.82) is 0 Å². The number of nitrogens with one attached hydrogen (secondary N) is 1. The number of benzene rings is 1. The maximum atomic E-state index is 11.9. The average Bonchev–Trinajstić information content (AvgIpc) is 2.96. The third kappa shape index (κ3) is 2.41. The lowest BCUT2D eigenvalue weighted by Crippen LogP contribution is -2.10. The standard InChI is InChI=1S/C13H9BrN2O2S/c1-7-3-2-4-9-11(7)15-13(19-9)16-12(17)8-5-6-10(14)18-8/h2-6H,1H3,(H,15,16,17). The molecule has 0 saturated carbocycles. The lowest BCUT2D eigenvalue weighted by Gasteiger charge is -1.96. The van der Waals surface area contributed by atoms with Crippen molar-refractivity contribution in [2.45, 2.75) is 6.92 Å². The molecule has 0 radical (unpaired) electrons. The summed E-state index contributed by atoms with van der Waals surface area (Å²) in [5.41, 5.74) is 2.01. The summed E-state index contributed by atoms with van der Waals surface area (Å²) in [5.74, 6) is -0.0507. The highest BCUT2D eigenvalue weighted by Crippen LogP contribution is 2.28. The van der Waals surface area contributed by atoms with Crippen molar-refractivity contribution in [2.75, 3.05) is 5.32 Å². The van der Waals surface area contributed by atoms with E-state index in [1.807, 2.05) is 25.1 Å². The van der Waals surface area contributed by atoms with Gasteiger partial charge in [0.25, 0.3) is 5.91 Å². The largest absolute Gasteiger partial charge is 0.444 e. The highest BCUT2D eigenvalue weighted by molar-refractivity contribution is 9.10. The van der Waals surface area contributed by atoms with Crippen molar-refractivity contribution in [1.82, 2.24) is 4.98 Å². The first kappa shape index (κ1) is 12.4. The van der Waals surface area contributed by atoms with E-state index in [9.17, 15) is 4.79 Å². The summed E-state index contributed by atoms with van der Waals surface area (Å²) in [5, 5.41) is 3.31. The van der Waals surface area contributed by atoms with Crippen molar-refractivity contribution < 1.29 is 9.21 Å². The number of carbonyl (C=O) groups excluding carboxylic acids is 1. The van der Waals surface area contributed by atoms with Crippen LogP contribution in [-0.2, 0) is 0 Å². The topological polar surface area (TPSA) is 55.1 Å². The fraction of sp³-hybridized carbons (Fsp3) is 0.0769. The van der Waals surface area contributed by atoms with E-state index in [1.165, 1.54) is 11.3 Å². The van der Waals surface area contributed by atoms with Crippen LogP contribution in [-0.4, -0.2) is 10.9 Å². The Morgan fingerprint density at radius 3 is 2.89 bits per heavy atom. The molecule has 1 amide bonds. The molecule has 1 aromatic carbocycles. The number of nitrogens with zero attached hydrogens (tertiary/aromatic N) is 1. The summed E-state index contributed by atoms with van der Waals surface area (Å²) >= 11 is 4.61. The monoisotopic (exact) mass is 336 g/mol. The highest BCUT2D eigenvalue weighted by atomic mass is 79.9. The molecule has 0 aliphatic rings. The molecule has 0 saturated heterocycles. The van der Waals surface area contributed by atoms with Crippen molar-refractivity contribution in [3.63, 3.8) is 0 Å². The number of rotatable bonds is 2. The van der Waals surface area contributed by atoms with E-state index in [0.29, 0.717) is 9.80 Å². The maximum Gasteiger partial charge on any atom is 0.293 e. The zero-order valence-electron chi connectivity index (χ0n) is 9.94. The van der Waals surface area contributed by atoms with Crippen LogP contribution < -0.4 is 5.32 Å². The van der Waals surface area contributed by atoms with Crippen LogP contribution in [0.1, 0.15) is 16.1 Å². The number of hydrogen-bond donors (Lipinski definition) is 1. The molecule has 1 N–H and O–H groups in total. The first-order valence-corrected chi connectivity index (χ1v) is 7.17. The van der Waals surface area contributed by atoms with Crippen LogP contribution in [0.3, 0.4) is 0 Å². The van der Waals surface area contributed by atoms with E-state index in [4.69, 9.17) is 4.42 Å². The number of carbonyl (C=O) groups is 1. The number of aromatic nitrogens is 1. The molecule has 0 fully saturated rings. The molecule has 6 heteroatoms. The molecule has 4 nitrogen and oxygen atoms in total. The van der Waals surface area contributed by atoms with Gasteiger partial charge in [0.15, 0.2) is 15.6 Å². The molecular weight excluding hydrogens is 328 g/mol. The summed E-state index contributed by atoms with van der Waals surface area (Å²) in [7, 11) is 0. The molecule has 96 valence electrons. The van der Waals surface area contributed by atoms with Gasteiger partial charge in [-0.3, -0.25) is 10.1 Å². The molecule has 3 rings (SSSR count). The number of amides is 1. The van der Waals surface area contributed by atoms with Crippen LogP contribution in [0.15, 0.2) is 39.4 Å². The van der Waals surface area contributed by atoms with E-state index in [2.05, 4.69) is 26.2 Å². The second kappa shape index (κ2) is 4.79. The Bertz CT molecular complexity index is 763. The minimum absolute atomic E-state index is 0.253. The van der Waals surface area contributed by atoms with Crippen molar-refractivity contribution >= 4 is 48.5 Å². The third-order valence-corrected chi connectivity index (χ3v) is 4.00. The van der Waals surface area contributed by atoms with Gasteiger partial charge in [0.2, 0.25) is 0 Å². The summed E-state index contributed by atoms with van der Waals surface area (Å²) in [6, 6.07) is 9.25. The SMILES string of the molecule is Cc1cccc2sc(NC(=O)c3ccc(Br)o3)nc12. The summed E-state index contributed by atoms with van der Waals surface area (Å²) in [4.78, 5) is 16.3. The van der Waals surface area contributed by atoms with E-state index in [0.717, 1.165) is 15.8 Å². The minimum atomic E-state index is -0.303. The maximum absolute atomic E-state index is 11.9. The number of fused-ring (bicyclic) bond motifs is 1. The predicted molar refractivity (Wildman–Crippen MR) is 78.7 cm³/mol. The number of furan rings is 1. The van der Waals surface area contributed by atoms with Gasteiger partial charge in [0.1, 0.15) is 0 Å². The zero-order valence-corrected chi connectivity index (χ0v) is 12.3. The molecule has 0 bridgehead atoms. The van der Waals surface area contributed by atoms with Crippen LogP contribution in [0, 0.1) is 6.92 Å². The number of para-hydroxylation sites is 1. The second-order valence-electron chi connectivity index (χ2n) is 4.00. The van der Waals surface area contributed by atoms with Gasteiger partial charge in [-0.1, -0.05) is 23.5 Å². The first-order chi connectivity index (χ1) is 9.13. The predicted octanol–water partition coefficient (Wildman–Crippen LogP) is 4.21. The molecule has 3 aromatic rings. The number of aryl methyl sites for hydroxylation is 1. The minimum Gasteiger partial charge on any atom is -0.444 e. The number of halogens is 1. The van der Waals surface area contributed by atoms with E-state index in [1.54, 1.807) is 12.1 Å². The first-order valence-electron chi connectivity index (χ1n) is 5.56. The van der Waals surface area contributed by atoms with Crippen LogP contribution in [0.2, 0.25) is 0 Å². The van der Waals surface area contributed by atoms with Gasteiger partial charge >= 0.3 is 0 Å². The van der Waals surface area contributed by atoms with Gasteiger partial charge in [-0.25, -0.2) is 4.98 Å². The van der Waals surface area contributed by atoms with Gasteiger partial charge < -0.3 is 4.42 Å². The summed E-state index contributed by atoms with van der Waals surface area (Å²) in [6.07, 6.45) is 0. The van der Waals surface area contributed by atoms with Gasteiger partial charge in [-0.2, -0.15) is 0 Å². The Balaban J connectivity index is 1.89. The van der Waals surface area contributed by atoms with Crippen LogP contribution >= 0.6 is 27.3 Å². The van der Waals surface area contributed by atoms with E-state index < -0.39 is 0 Å². The fourth-order valence-electron chi connectivity index (χ4n) is 1.73. The van der Waals surface area contributed by atoms with Crippen LogP contribution in [0.25, 0.3) is 10.2 Å². The number of hydrogen-bond acceptors (Lipinski definition) is 4. The molecule has 2 aromatic heterocycles. The summed E-state index contributed by atoms with van der Waals surface area (Å²) < 4.78 is 6.77. The molecule has 0 aliphatic carbocycles. The quantitative estimate of drug-likeness (QED) is 0.762. The highest BCUT2D eigenvalue weighted by Gasteiger charge is 2.13. The third-order valence-electron chi connectivity index (χ3n) is 2.64. The Kier molecular flexibility index (Phi) is 3.12. The molecular formula is C13H9BrN2O2S. The van der Waals surface area contributed by atoms with Crippen molar-refractivity contribution in [3.05, 3.63) is 46.3 Å². The number of thiazole rings is 1. The van der Waals surface area contributed by atoms with Gasteiger partial charge in [-0.05, 0) is 46.6 Å². The zero-order chi connectivity index (χ0) is 13.4. The Labute approximate surface area is 121 Å². The smallest absolute Gasteiger partial charge is 0.293 e. The fourth-order valence-corrected chi connectivity index (χ4v) is 2.98. The average molecular weight is 337 g/mol. The lowest BCUT2D eigenvalue weighted by atomic mass is 10.2. The van der Waals surface area contributed by atoms with Crippen molar-refractivity contribution in [2.24, 2.45) is 0 Å². The van der Waals surface area contributed by atoms with E-state index >= 15 is 0 Å². The summed E-state index contributed by atoms with van der Waals surface area (Å²) in [6.45, 7) is 2.00. The molecule has 0 spiro atoms. The van der Waals surface area contributed by atoms with E-state index in [-0.39, 0.29) is 11.7 Å². The van der Waals surface area contributed by atoms with Crippen LogP contribution in [0.4, 0.5) is 5.13 Å². The molecule has 0 unspecified atom stereocenters. The molecule has 2 heterocycles. The second-order valence-corrected chi connectivity index (χ2v) is 5.81. The Hall–Kier alpha value is -1.66. The Morgan fingerprint density at radius 1 is 1.37 bits per heavy atom. The molecule has 0 atom stereocenters. The Morgan fingerprint density at radius 2 is 2.21 bits per heavy atom.